The number of hydrogen-bond acceptors (Lipinski definition) is 2. The number of nitriles is 1. The van der Waals surface area contributed by atoms with Crippen LogP contribution < -0.4 is 4.57 Å². The molecule has 4 heteroatoms. The van der Waals surface area contributed by atoms with Crippen LogP contribution in [0.4, 0.5) is 4.39 Å². The van der Waals surface area contributed by atoms with Crippen LogP contribution in [-0.4, -0.2) is 0 Å². The third-order valence-electron chi connectivity index (χ3n) is 5.08. The lowest BCUT2D eigenvalue weighted by Crippen LogP contribution is -2.35. The molecule has 0 fully saturated rings. The first kappa shape index (κ1) is 14.8. The van der Waals surface area contributed by atoms with Crippen molar-refractivity contribution in [2.24, 2.45) is 13.0 Å². The maximum atomic E-state index is 15.1. The second-order valence-electron chi connectivity index (χ2n) is 7.60. The lowest BCUT2D eigenvalue weighted by atomic mass is 9.96. The van der Waals surface area contributed by atoms with Gasteiger partial charge < -0.3 is 4.42 Å². The van der Waals surface area contributed by atoms with Gasteiger partial charge in [0.2, 0.25) is 5.69 Å². The van der Waals surface area contributed by atoms with E-state index in [0.29, 0.717) is 39.0 Å². The molecule has 0 aliphatic carbocycles. The van der Waals surface area contributed by atoms with Crippen LogP contribution in [0.15, 0.2) is 40.8 Å². The summed E-state index contributed by atoms with van der Waals surface area (Å²) in [5.74, 6) is -0.939. The van der Waals surface area contributed by atoms with E-state index in [0.717, 1.165) is 0 Å². The van der Waals surface area contributed by atoms with Gasteiger partial charge in [0.15, 0.2) is 11.3 Å². The molecule has 4 aromatic rings. The zero-order chi connectivity index (χ0) is 24.4. The molecule has 0 saturated heterocycles. The summed E-state index contributed by atoms with van der Waals surface area (Å²) in [6.07, 6.45) is -1.91. The van der Waals surface area contributed by atoms with E-state index in [9.17, 15) is 5.26 Å². The van der Waals surface area contributed by atoms with Crippen molar-refractivity contribution in [1.29, 1.82) is 5.26 Å². The van der Waals surface area contributed by atoms with Crippen LogP contribution in [0.3, 0.4) is 0 Å². The normalized spacial score (nSPS) is 14.0. The first-order valence-electron chi connectivity index (χ1n) is 11.5. The Labute approximate surface area is 175 Å². The molecule has 4 rings (SSSR count). The van der Waals surface area contributed by atoms with E-state index in [-0.39, 0.29) is 28.6 Å². The van der Waals surface area contributed by atoms with Crippen LogP contribution in [0.1, 0.15) is 41.7 Å². The highest BCUT2D eigenvalue weighted by Gasteiger charge is 2.25. The van der Waals surface area contributed by atoms with Crippen molar-refractivity contribution in [3.05, 3.63) is 64.6 Å². The highest BCUT2D eigenvalue weighted by atomic mass is 19.1. The number of halogens is 1. The maximum absolute atomic E-state index is 15.1. The molecule has 2 aromatic heterocycles. The van der Waals surface area contributed by atoms with E-state index in [1.54, 1.807) is 57.5 Å². The molecule has 0 aliphatic heterocycles. The monoisotopic (exact) mass is 391 g/mol. The predicted octanol–water partition coefficient (Wildman–Crippen LogP) is 5.90. The fraction of sp³-hybridized carbons (Fsp3) is 0.280. The van der Waals surface area contributed by atoms with Crippen LogP contribution in [0.5, 0.6) is 0 Å². The lowest BCUT2D eigenvalue weighted by molar-refractivity contribution is -0.666. The highest BCUT2D eigenvalue weighted by molar-refractivity contribution is 6.10. The minimum Gasteiger partial charge on any atom is -0.455 e. The molecule has 2 aromatic carbocycles. The Morgan fingerprint density at radius 3 is 2.72 bits per heavy atom. The van der Waals surface area contributed by atoms with Gasteiger partial charge in [-0.25, -0.2) is 4.39 Å². The topological polar surface area (TPSA) is 40.8 Å². The molecule has 0 atom stereocenters. The Hall–Kier alpha value is -3.19. The summed E-state index contributed by atoms with van der Waals surface area (Å²) < 4.78 is 57.7. The van der Waals surface area contributed by atoms with Crippen molar-refractivity contribution in [2.45, 2.75) is 34.1 Å². The number of rotatable bonds is 3. The summed E-state index contributed by atoms with van der Waals surface area (Å²) in [5.41, 5.74) is 2.81. The molecule has 3 nitrogen and oxygen atoms in total. The minimum atomic E-state index is -1.91. The molecule has 2 heterocycles. The molecule has 0 N–H and O–H groups in total. The van der Waals surface area contributed by atoms with Crippen LogP contribution >= 0.6 is 0 Å². The standard InChI is InChI=1S/C25H24FN2O/c1-14(2)8-18-10-16(4)28(5)21(11-18)23-15(3)9-20(26)24-19-7-6-17(13-27)12-22(19)29-25(23)24/h6-7,9-12,14H,8H2,1-5H3/q+1/i8D2,10D,11D. The molecule has 0 amide bonds. The quantitative estimate of drug-likeness (QED) is 0.408. The molecule has 0 spiro atoms. The molecule has 0 unspecified atom stereocenters. The smallest absolute Gasteiger partial charge is 0.216 e. The van der Waals surface area contributed by atoms with Gasteiger partial charge in [0.25, 0.3) is 0 Å². The predicted molar refractivity (Wildman–Crippen MR) is 113 cm³/mol. The number of aromatic nitrogens is 1. The van der Waals surface area contributed by atoms with Gasteiger partial charge >= 0.3 is 0 Å². The number of nitrogens with zero attached hydrogens (tertiary/aromatic N) is 2. The van der Waals surface area contributed by atoms with E-state index in [1.807, 2.05) is 0 Å². The molecule has 0 aliphatic rings. The van der Waals surface area contributed by atoms with Crippen molar-refractivity contribution in [3.8, 4) is 17.3 Å². The van der Waals surface area contributed by atoms with E-state index in [2.05, 4.69) is 6.07 Å². The summed E-state index contributed by atoms with van der Waals surface area (Å²) in [6.45, 7) is 6.85. The Bertz CT molecular complexity index is 1500. The largest absolute Gasteiger partial charge is 0.455 e. The Balaban J connectivity index is 2.21. The SMILES string of the molecule is [2H]c1c(C([2H])([2H])C(C)C)c([2H])c(-c2c(C)cc(F)c3c2oc2cc(C#N)ccc23)[n+](C)c1C. The third-order valence-corrected chi connectivity index (χ3v) is 5.08. The molecule has 0 bridgehead atoms. The van der Waals surface area contributed by atoms with Gasteiger partial charge in [-0.1, -0.05) is 13.8 Å². The summed E-state index contributed by atoms with van der Waals surface area (Å²) >= 11 is 0. The first-order valence-corrected chi connectivity index (χ1v) is 9.47. The van der Waals surface area contributed by atoms with Crippen molar-refractivity contribution in [3.63, 3.8) is 0 Å². The van der Waals surface area contributed by atoms with Crippen molar-refractivity contribution >= 4 is 21.9 Å². The van der Waals surface area contributed by atoms with Gasteiger partial charge in [0, 0.05) is 27.1 Å². The number of aryl methyl sites for hydroxylation is 1. The van der Waals surface area contributed by atoms with Gasteiger partial charge in [-0.2, -0.15) is 9.83 Å². The molecular weight excluding hydrogens is 363 g/mol. The van der Waals surface area contributed by atoms with Crippen LogP contribution in [0.2, 0.25) is 0 Å². The molecule has 0 saturated carbocycles. The number of furan rings is 1. The molecule has 29 heavy (non-hydrogen) atoms. The second kappa shape index (κ2) is 7.00. The van der Waals surface area contributed by atoms with Crippen LogP contribution in [-0.2, 0) is 13.4 Å². The van der Waals surface area contributed by atoms with Gasteiger partial charge in [-0.15, -0.1) is 0 Å². The van der Waals surface area contributed by atoms with Crippen LogP contribution in [0.25, 0.3) is 33.2 Å². The van der Waals surface area contributed by atoms with E-state index in [4.69, 9.17) is 9.90 Å². The van der Waals surface area contributed by atoms with E-state index < -0.39 is 18.1 Å². The first-order chi connectivity index (χ1) is 15.4. The second-order valence-corrected chi connectivity index (χ2v) is 7.60. The summed E-state index contributed by atoms with van der Waals surface area (Å²) in [4.78, 5) is 0. The fourth-order valence-corrected chi connectivity index (χ4v) is 3.64. The Kier molecular flexibility index (Phi) is 3.56. The summed E-state index contributed by atoms with van der Waals surface area (Å²) in [7, 11) is 1.71. The Morgan fingerprint density at radius 2 is 2.03 bits per heavy atom. The maximum Gasteiger partial charge on any atom is 0.216 e. The zero-order valence-corrected chi connectivity index (χ0v) is 17.1. The molecule has 0 radical (unpaired) electrons. The fourth-order valence-electron chi connectivity index (χ4n) is 3.64. The molecule has 146 valence electrons. The molecular formula is C25H24FN2O+. The number of benzene rings is 2. The highest BCUT2D eigenvalue weighted by Crippen LogP contribution is 2.39. The van der Waals surface area contributed by atoms with Crippen molar-refractivity contribution < 1.29 is 18.9 Å². The van der Waals surface area contributed by atoms with Gasteiger partial charge in [0.1, 0.15) is 18.4 Å². The average molecular weight is 392 g/mol. The Morgan fingerprint density at radius 1 is 1.28 bits per heavy atom. The average Bonchev–Trinajstić information content (AvgIpc) is 3.12. The summed E-state index contributed by atoms with van der Waals surface area (Å²) in [6, 6.07) is 8.08. The van der Waals surface area contributed by atoms with Crippen LogP contribution in [0, 0.1) is 36.9 Å². The number of pyridine rings is 1. The van der Waals surface area contributed by atoms with Gasteiger partial charge in [-0.3, -0.25) is 0 Å². The van der Waals surface area contributed by atoms with E-state index in [1.165, 1.54) is 6.07 Å². The minimum absolute atomic E-state index is 0.00264. The third kappa shape index (κ3) is 3.17. The zero-order valence-electron chi connectivity index (χ0n) is 21.1. The number of hydrogen-bond donors (Lipinski definition) is 0. The summed E-state index contributed by atoms with van der Waals surface area (Å²) in [5, 5.41) is 10.00. The van der Waals surface area contributed by atoms with E-state index >= 15 is 4.39 Å². The van der Waals surface area contributed by atoms with Crippen molar-refractivity contribution in [2.75, 3.05) is 0 Å². The van der Waals surface area contributed by atoms with Gasteiger partial charge in [0.05, 0.1) is 25.3 Å². The lowest BCUT2D eigenvalue weighted by Gasteiger charge is -2.11. The van der Waals surface area contributed by atoms with Crippen molar-refractivity contribution in [1.82, 2.24) is 0 Å². The number of fused-ring (bicyclic) bond motifs is 3. The van der Waals surface area contributed by atoms with Gasteiger partial charge in [-0.05, 0) is 54.6 Å².